The van der Waals surface area contributed by atoms with E-state index in [2.05, 4.69) is 74.7 Å². The highest BCUT2D eigenvalue weighted by Gasteiger charge is 2.17. The summed E-state index contributed by atoms with van der Waals surface area (Å²) in [6.45, 7) is 2.24. The predicted octanol–water partition coefficient (Wildman–Crippen LogP) is 5.00. The van der Waals surface area contributed by atoms with Gasteiger partial charge in [0.25, 0.3) is 0 Å². The molecule has 1 aromatic carbocycles. The SMILES string of the molecule is CC1CCC/C1=N/Nc1nc(-c2ccc(I)cc2)cs1. The van der Waals surface area contributed by atoms with Gasteiger partial charge in [0.05, 0.1) is 5.69 Å². The summed E-state index contributed by atoms with van der Waals surface area (Å²) in [7, 11) is 0. The molecule has 0 amide bonds. The first kappa shape index (κ1) is 14.0. The fourth-order valence-electron chi connectivity index (χ4n) is 2.37. The van der Waals surface area contributed by atoms with Crippen LogP contribution in [0.15, 0.2) is 34.7 Å². The number of thiazole rings is 1. The van der Waals surface area contributed by atoms with Gasteiger partial charge in [0, 0.05) is 20.2 Å². The van der Waals surface area contributed by atoms with E-state index >= 15 is 0 Å². The fourth-order valence-corrected chi connectivity index (χ4v) is 3.39. The molecular weight excluding hydrogens is 381 g/mol. The molecule has 1 saturated carbocycles. The highest BCUT2D eigenvalue weighted by Crippen LogP contribution is 2.26. The standard InChI is InChI=1S/C15H16IN3S/c1-10-3-2-4-13(10)18-19-15-17-14(9-20-15)11-5-7-12(16)8-6-11/h5-10H,2-4H2,1H3,(H,17,19)/b18-13-. The lowest BCUT2D eigenvalue weighted by atomic mass is 10.1. The zero-order valence-corrected chi connectivity index (χ0v) is 14.2. The first-order chi connectivity index (χ1) is 9.72. The van der Waals surface area contributed by atoms with Crippen molar-refractivity contribution < 1.29 is 0 Å². The van der Waals surface area contributed by atoms with Crippen LogP contribution in [0.2, 0.25) is 0 Å². The Bertz CT molecular complexity index is 618. The van der Waals surface area contributed by atoms with Gasteiger partial charge in [-0.15, -0.1) is 11.3 Å². The molecule has 0 spiro atoms. The van der Waals surface area contributed by atoms with E-state index in [1.165, 1.54) is 22.1 Å². The third-order valence-electron chi connectivity index (χ3n) is 3.58. The van der Waals surface area contributed by atoms with Crippen LogP contribution in [-0.2, 0) is 0 Å². The molecule has 20 heavy (non-hydrogen) atoms. The zero-order valence-electron chi connectivity index (χ0n) is 11.3. The Balaban J connectivity index is 1.72. The summed E-state index contributed by atoms with van der Waals surface area (Å²) in [6, 6.07) is 8.41. The Morgan fingerprint density at radius 1 is 1.35 bits per heavy atom. The zero-order chi connectivity index (χ0) is 13.9. The van der Waals surface area contributed by atoms with Gasteiger partial charge in [0.15, 0.2) is 0 Å². The lowest BCUT2D eigenvalue weighted by Crippen LogP contribution is -2.04. The molecule has 1 N–H and O–H groups in total. The third-order valence-corrected chi connectivity index (χ3v) is 5.04. The molecule has 1 atom stereocenters. The van der Waals surface area contributed by atoms with E-state index < -0.39 is 0 Å². The number of hydrogen-bond donors (Lipinski definition) is 1. The lowest BCUT2D eigenvalue weighted by Gasteiger charge is -2.02. The number of hydrogen-bond acceptors (Lipinski definition) is 4. The van der Waals surface area contributed by atoms with Crippen molar-refractivity contribution in [1.82, 2.24) is 4.98 Å². The van der Waals surface area contributed by atoms with Crippen LogP contribution in [0.5, 0.6) is 0 Å². The van der Waals surface area contributed by atoms with Gasteiger partial charge in [-0.1, -0.05) is 19.1 Å². The molecule has 104 valence electrons. The number of aromatic nitrogens is 1. The lowest BCUT2D eigenvalue weighted by molar-refractivity contribution is 0.727. The minimum Gasteiger partial charge on any atom is -0.253 e. The van der Waals surface area contributed by atoms with Gasteiger partial charge in [-0.05, 0) is 59.9 Å². The minimum absolute atomic E-state index is 0.609. The maximum atomic E-state index is 4.59. The van der Waals surface area contributed by atoms with E-state index in [4.69, 9.17) is 0 Å². The minimum atomic E-state index is 0.609. The molecule has 1 fully saturated rings. The molecule has 5 heteroatoms. The molecule has 3 rings (SSSR count). The van der Waals surface area contributed by atoms with Gasteiger partial charge in [-0.25, -0.2) is 4.98 Å². The normalized spacial score (nSPS) is 20.5. The number of rotatable bonds is 3. The van der Waals surface area contributed by atoms with Crippen LogP contribution >= 0.6 is 33.9 Å². The van der Waals surface area contributed by atoms with Crippen molar-refractivity contribution >= 4 is 44.8 Å². The monoisotopic (exact) mass is 397 g/mol. The predicted molar refractivity (Wildman–Crippen MR) is 94.3 cm³/mol. The Kier molecular flexibility index (Phi) is 4.35. The van der Waals surface area contributed by atoms with Crippen LogP contribution in [0.25, 0.3) is 11.3 Å². The average molecular weight is 397 g/mol. The highest BCUT2D eigenvalue weighted by molar-refractivity contribution is 14.1. The van der Waals surface area contributed by atoms with E-state index in [9.17, 15) is 0 Å². The van der Waals surface area contributed by atoms with Crippen LogP contribution in [0.1, 0.15) is 26.2 Å². The summed E-state index contributed by atoms with van der Waals surface area (Å²) in [5.41, 5.74) is 6.54. The summed E-state index contributed by atoms with van der Waals surface area (Å²) in [6.07, 6.45) is 3.63. The molecule has 3 nitrogen and oxygen atoms in total. The van der Waals surface area contributed by atoms with Gasteiger partial charge in [-0.2, -0.15) is 5.10 Å². The molecule has 1 aliphatic rings. The third kappa shape index (κ3) is 3.20. The van der Waals surface area contributed by atoms with Crippen LogP contribution in [0.3, 0.4) is 0 Å². The second kappa shape index (κ2) is 6.22. The molecule has 0 aliphatic heterocycles. The number of nitrogens with zero attached hydrogens (tertiary/aromatic N) is 2. The Labute approximate surface area is 136 Å². The van der Waals surface area contributed by atoms with Gasteiger partial charge >= 0.3 is 0 Å². The molecule has 1 unspecified atom stereocenters. The largest absolute Gasteiger partial charge is 0.253 e. The van der Waals surface area contributed by atoms with Crippen LogP contribution in [-0.4, -0.2) is 10.7 Å². The number of nitrogens with one attached hydrogen (secondary N) is 1. The Hall–Kier alpha value is -0.950. The molecular formula is C15H16IN3S. The summed E-state index contributed by atoms with van der Waals surface area (Å²) in [5, 5.41) is 7.45. The molecule has 0 bridgehead atoms. The van der Waals surface area contributed by atoms with Crippen molar-refractivity contribution in [3.8, 4) is 11.3 Å². The van der Waals surface area contributed by atoms with Crippen LogP contribution in [0.4, 0.5) is 5.13 Å². The van der Waals surface area contributed by atoms with E-state index in [1.54, 1.807) is 11.3 Å². The van der Waals surface area contributed by atoms with Crippen molar-refractivity contribution in [2.45, 2.75) is 26.2 Å². The smallest absolute Gasteiger partial charge is 0.203 e. The summed E-state index contributed by atoms with van der Waals surface area (Å²) in [5.74, 6) is 0.609. The van der Waals surface area contributed by atoms with E-state index in [1.807, 2.05) is 0 Å². The first-order valence-corrected chi connectivity index (χ1v) is 8.72. The van der Waals surface area contributed by atoms with Crippen molar-refractivity contribution in [3.05, 3.63) is 33.2 Å². The van der Waals surface area contributed by atoms with Crippen LogP contribution in [0, 0.1) is 9.49 Å². The van der Waals surface area contributed by atoms with Crippen molar-refractivity contribution in [1.29, 1.82) is 0 Å². The maximum absolute atomic E-state index is 4.59. The van der Waals surface area contributed by atoms with Crippen molar-refractivity contribution in [2.75, 3.05) is 5.43 Å². The number of halogens is 1. The van der Waals surface area contributed by atoms with E-state index in [0.29, 0.717) is 5.92 Å². The number of anilines is 1. The second-order valence-electron chi connectivity index (χ2n) is 5.05. The maximum Gasteiger partial charge on any atom is 0.203 e. The van der Waals surface area contributed by atoms with Crippen molar-refractivity contribution in [2.24, 2.45) is 11.0 Å². The van der Waals surface area contributed by atoms with Crippen LogP contribution < -0.4 is 5.43 Å². The van der Waals surface area contributed by atoms with Gasteiger partial charge < -0.3 is 0 Å². The Morgan fingerprint density at radius 2 is 2.15 bits per heavy atom. The number of hydrazone groups is 1. The molecule has 0 saturated heterocycles. The number of benzene rings is 1. The van der Waals surface area contributed by atoms with Gasteiger partial charge in [0.2, 0.25) is 5.13 Å². The first-order valence-electron chi connectivity index (χ1n) is 6.76. The topological polar surface area (TPSA) is 37.3 Å². The summed E-state index contributed by atoms with van der Waals surface area (Å²) >= 11 is 3.91. The molecule has 1 aliphatic carbocycles. The average Bonchev–Trinajstić information content (AvgIpc) is 3.06. The van der Waals surface area contributed by atoms with E-state index in [0.717, 1.165) is 22.8 Å². The second-order valence-corrected chi connectivity index (χ2v) is 7.16. The quantitative estimate of drug-likeness (QED) is 0.585. The van der Waals surface area contributed by atoms with Gasteiger partial charge in [0.1, 0.15) is 0 Å². The highest BCUT2D eigenvalue weighted by atomic mass is 127. The summed E-state index contributed by atoms with van der Waals surface area (Å²) < 4.78 is 1.24. The molecule has 1 aromatic heterocycles. The molecule has 0 radical (unpaired) electrons. The molecule has 2 aromatic rings. The van der Waals surface area contributed by atoms with Crippen molar-refractivity contribution in [3.63, 3.8) is 0 Å². The van der Waals surface area contributed by atoms with E-state index in [-0.39, 0.29) is 0 Å². The molecule has 1 heterocycles. The fraction of sp³-hybridized carbons (Fsp3) is 0.333. The Morgan fingerprint density at radius 3 is 2.85 bits per heavy atom. The summed E-state index contributed by atoms with van der Waals surface area (Å²) in [4.78, 5) is 4.59. The van der Waals surface area contributed by atoms with Gasteiger partial charge in [-0.3, -0.25) is 5.43 Å².